The van der Waals surface area contributed by atoms with Crippen LogP contribution in [0.5, 0.6) is 0 Å². The number of carboxylic acids is 1. The lowest BCUT2D eigenvalue weighted by atomic mass is 10.1. The van der Waals surface area contributed by atoms with Crippen LogP contribution in [0.25, 0.3) is 0 Å². The number of rotatable bonds is 6. The number of carbonyl (C=O) groups is 1. The normalized spacial score (nSPS) is 26.8. The molecule has 0 aromatic heterocycles. The highest BCUT2D eigenvalue weighted by Gasteiger charge is 2.33. The van der Waals surface area contributed by atoms with Gasteiger partial charge in [0.1, 0.15) is 6.04 Å². The highest BCUT2D eigenvalue weighted by atomic mass is 32.2. The van der Waals surface area contributed by atoms with Gasteiger partial charge in [-0.05, 0) is 26.2 Å². The van der Waals surface area contributed by atoms with Crippen molar-refractivity contribution in [3.8, 4) is 0 Å². The summed E-state index contributed by atoms with van der Waals surface area (Å²) in [6.45, 7) is 4.04. The van der Waals surface area contributed by atoms with Crippen LogP contribution in [0, 0.1) is 0 Å². The second-order valence-electron chi connectivity index (χ2n) is 4.67. The van der Waals surface area contributed by atoms with Gasteiger partial charge >= 0.3 is 5.97 Å². The van der Waals surface area contributed by atoms with Crippen molar-refractivity contribution in [1.82, 2.24) is 4.72 Å². The number of hydrogen-bond donors (Lipinski definition) is 2. The number of sulfonamides is 1. The average molecular weight is 279 g/mol. The zero-order chi connectivity index (χ0) is 13.8. The minimum absolute atomic E-state index is 0.102. The van der Waals surface area contributed by atoms with E-state index in [2.05, 4.69) is 4.72 Å². The third kappa shape index (κ3) is 4.22. The molecule has 7 heteroatoms. The van der Waals surface area contributed by atoms with E-state index in [-0.39, 0.29) is 6.10 Å². The monoisotopic (exact) mass is 279 g/mol. The number of carboxylic acid groups (broad SMARTS) is 1. The van der Waals surface area contributed by atoms with E-state index < -0.39 is 27.3 Å². The molecule has 0 bridgehead atoms. The van der Waals surface area contributed by atoms with E-state index in [1.807, 2.05) is 13.8 Å². The van der Waals surface area contributed by atoms with Gasteiger partial charge in [-0.25, -0.2) is 13.1 Å². The lowest BCUT2D eigenvalue weighted by molar-refractivity contribution is -0.139. The Bertz CT molecular complexity index is 381. The molecule has 1 aliphatic rings. The Balaban J connectivity index is 2.70. The SMILES string of the molecule is CCCC(NS(=O)(=O)C1CCOC(C)C1)C(=O)O. The molecule has 1 aliphatic heterocycles. The van der Waals surface area contributed by atoms with Crippen molar-refractivity contribution < 1.29 is 23.1 Å². The Labute approximate surface area is 108 Å². The Hall–Kier alpha value is -0.660. The summed E-state index contributed by atoms with van der Waals surface area (Å²) in [6, 6.07) is -1.03. The summed E-state index contributed by atoms with van der Waals surface area (Å²) >= 11 is 0. The van der Waals surface area contributed by atoms with Gasteiger partial charge in [0.2, 0.25) is 10.0 Å². The maximum atomic E-state index is 12.1. The van der Waals surface area contributed by atoms with Crippen LogP contribution < -0.4 is 4.72 Å². The van der Waals surface area contributed by atoms with E-state index >= 15 is 0 Å². The lowest BCUT2D eigenvalue weighted by Crippen LogP contribution is -2.47. The molecule has 0 saturated carbocycles. The molecule has 0 spiro atoms. The Morgan fingerprint density at radius 3 is 2.72 bits per heavy atom. The van der Waals surface area contributed by atoms with Gasteiger partial charge in [0.25, 0.3) is 0 Å². The first-order valence-electron chi connectivity index (χ1n) is 6.22. The standard InChI is InChI=1S/C11H21NO5S/c1-3-4-10(11(13)14)12-18(15,16)9-5-6-17-8(2)7-9/h8-10,12H,3-7H2,1-2H3,(H,13,14). The summed E-state index contributed by atoms with van der Waals surface area (Å²) in [6.07, 6.45) is 1.64. The maximum Gasteiger partial charge on any atom is 0.321 e. The van der Waals surface area contributed by atoms with Crippen molar-refractivity contribution in [2.75, 3.05) is 6.61 Å². The largest absolute Gasteiger partial charge is 0.480 e. The van der Waals surface area contributed by atoms with Crippen LogP contribution in [0.1, 0.15) is 39.5 Å². The molecule has 3 unspecified atom stereocenters. The first kappa shape index (κ1) is 15.4. The minimum atomic E-state index is -3.59. The lowest BCUT2D eigenvalue weighted by Gasteiger charge is -2.28. The molecule has 1 saturated heterocycles. The Morgan fingerprint density at radius 1 is 1.56 bits per heavy atom. The molecule has 0 aromatic carbocycles. The van der Waals surface area contributed by atoms with Crippen LogP contribution in [-0.2, 0) is 19.6 Å². The van der Waals surface area contributed by atoms with Crippen molar-refractivity contribution in [1.29, 1.82) is 0 Å². The van der Waals surface area contributed by atoms with E-state index in [9.17, 15) is 13.2 Å². The molecule has 0 amide bonds. The zero-order valence-electron chi connectivity index (χ0n) is 10.8. The topological polar surface area (TPSA) is 92.7 Å². The highest BCUT2D eigenvalue weighted by molar-refractivity contribution is 7.90. The summed E-state index contributed by atoms with van der Waals surface area (Å²) < 4.78 is 31.8. The van der Waals surface area contributed by atoms with Gasteiger partial charge in [0, 0.05) is 6.61 Å². The summed E-state index contributed by atoms with van der Waals surface area (Å²) in [5.74, 6) is -1.12. The zero-order valence-corrected chi connectivity index (χ0v) is 11.6. The number of nitrogens with one attached hydrogen (secondary N) is 1. The molecule has 6 nitrogen and oxygen atoms in total. The van der Waals surface area contributed by atoms with Crippen molar-refractivity contribution in [3.05, 3.63) is 0 Å². The predicted octanol–water partition coefficient (Wildman–Crippen LogP) is 0.727. The van der Waals surface area contributed by atoms with Crippen LogP contribution in [0.2, 0.25) is 0 Å². The highest BCUT2D eigenvalue weighted by Crippen LogP contribution is 2.20. The van der Waals surface area contributed by atoms with Crippen molar-refractivity contribution in [2.24, 2.45) is 0 Å². The quantitative estimate of drug-likeness (QED) is 0.747. The second kappa shape index (κ2) is 6.49. The van der Waals surface area contributed by atoms with Gasteiger partial charge in [-0.2, -0.15) is 0 Å². The summed E-state index contributed by atoms with van der Waals surface area (Å²) in [5.41, 5.74) is 0. The molecule has 1 heterocycles. The molecule has 3 atom stereocenters. The van der Waals surface area contributed by atoms with E-state index in [0.29, 0.717) is 32.3 Å². The van der Waals surface area contributed by atoms with Crippen molar-refractivity contribution >= 4 is 16.0 Å². The van der Waals surface area contributed by atoms with Crippen LogP contribution in [-0.4, -0.2) is 43.5 Å². The van der Waals surface area contributed by atoms with Crippen LogP contribution in [0.4, 0.5) is 0 Å². The fourth-order valence-electron chi connectivity index (χ4n) is 2.05. The van der Waals surface area contributed by atoms with Crippen LogP contribution in [0.15, 0.2) is 0 Å². The van der Waals surface area contributed by atoms with Crippen molar-refractivity contribution in [3.63, 3.8) is 0 Å². The average Bonchev–Trinajstić information content (AvgIpc) is 2.28. The van der Waals surface area contributed by atoms with Gasteiger partial charge in [0.15, 0.2) is 0 Å². The molecular weight excluding hydrogens is 258 g/mol. The number of ether oxygens (including phenoxy) is 1. The van der Waals surface area contributed by atoms with Gasteiger partial charge in [-0.3, -0.25) is 4.79 Å². The second-order valence-corrected chi connectivity index (χ2v) is 6.66. The van der Waals surface area contributed by atoms with Crippen molar-refractivity contribution in [2.45, 2.75) is 56.9 Å². The molecule has 1 rings (SSSR count). The molecule has 106 valence electrons. The molecular formula is C11H21NO5S. The fraction of sp³-hybridized carbons (Fsp3) is 0.909. The molecule has 0 aliphatic carbocycles. The molecule has 1 fully saturated rings. The molecule has 2 N–H and O–H groups in total. The molecule has 18 heavy (non-hydrogen) atoms. The summed E-state index contributed by atoms with van der Waals surface area (Å²) in [7, 11) is -3.59. The van der Waals surface area contributed by atoms with E-state index in [1.165, 1.54) is 0 Å². The van der Waals surface area contributed by atoms with Gasteiger partial charge in [-0.1, -0.05) is 13.3 Å². The predicted molar refractivity (Wildman–Crippen MR) is 66.8 cm³/mol. The molecule has 0 radical (unpaired) electrons. The van der Waals surface area contributed by atoms with E-state index in [0.717, 1.165) is 0 Å². The minimum Gasteiger partial charge on any atom is -0.480 e. The Kier molecular flexibility index (Phi) is 5.55. The van der Waals surface area contributed by atoms with E-state index in [1.54, 1.807) is 0 Å². The van der Waals surface area contributed by atoms with Gasteiger partial charge in [-0.15, -0.1) is 0 Å². The Morgan fingerprint density at radius 2 is 2.22 bits per heavy atom. The number of aliphatic carboxylic acids is 1. The third-order valence-corrected chi connectivity index (χ3v) is 4.98. The smallest absolute Gasteiger partial charge is 0.321 e. The first-order chi connectivity index (χ1) is 8.36. The number of hydrogen-bond acceptors (Lipinski definition) is 4. The van der Waals surface area contributed by atoms with E-state index in [4.69, 9.17) is 9.84 Å². The maximum absolute atomic E-state index is 12.1. The van der Waals surface area contributed by atoms with Gasteiger partial charge in [0.05, 0.1) is 11.4 Å². The van der Waals surface area contributed by atoms with Crippen LogP contribution in [0.3, 0.4) is 0 Å². The van der Waals surface area contributed by atoms with Gasteiger partial charge < -0.3 is 9.84 Å². The summed E-state index contributed by atoms with van der Waals surface area (Å²) in [5, 5.41) is 8.41. The first-order valence-corrected chi connectivity index (χ1v) is 7.77. The van der Waals surface area contributed by atoms with Crippen LogP contribution >= 0.6 is 0 Å². The third-order valence-electron chi connectivity index (χ3n) is 3.06. The molecule has 0 aromatic rings. The summed E-state index contributed by atoms with van der Waals surface area (Å²) in [4.78, 5) is 11.0. The fourth-order valence-corrected chi connectivity index (χ4v) is 3.79.